The van der Waals surface area contributed by atoms with Crippen LogP contribution in [0.1, 0.15) is 35.4 Å². The summed E-state index contributed by atoms with van der Waals surface area (Å²) in [5.74, 6) is -0.0126. The minimum Gasteiger partial charge on any atom is -0.487 e. The van der Waals surface area contributed by atoms with Gasteiger partial charge in [0.05, 0.1) is 30.3 Å². The van der Waals surface area contributed by atoms with Crippen molar-refractivity contribution in [3.05, 3.63) is 54.2 Å². The van der Waals surface area contributed by atoms with Gasteiger partial charge in [0.2, 0.25) is 0 Å². The van der Waals surface area contributed by atoms with Crippen LogP contribution in [0.2, 0.25) is 0 Å². The highest BCUT2D eigenvalue weighted by Crippen LogP contribution is 2.48. The predicted molar refractivity (Wildman–Crippen MR) is 118 cm³/mol. The lowest BCUT2D eigenvalue weighted by atomic mass is 9.86. The van der Waals surface area contributed by atoms with Crippen molar-refractivity contribution in [1.29, 1.82) is 0 Å². The molecule has 9 nitrogen and oxygen atoms in total. The van der Waals surface area contributed by atoms with Crippen LogP contribution in [0.15, 0.2) is 43.0 Å². The Balaban J connectivity index is 1.38. The number of carbonyl (C=O) groups excluding carboxylic acids is 1. The first-order valence-corrected chi connectivity index (χ1v) is 10.9. The van der Waals surface area contributed by atoms with E-state index in [0.29, 0.717) is 40.9 Å². The minimum atomic E-state index is -4.81. The van der Waals surface area contributed by atoms with Crippen LogP contribution in [-0.2, 0) is 0 Å². The third kappa shape index (κ3) is 3.47. The molecule has 1 fully saturated rings. The number of anilines is 1. The summed E-state index contributed by atoms with van der Waals surface area (Å²) in [4.78, 5) is 28.1. The maximum atomic E-state index is 13.7. The molecular weight excluding hydrogens is 465 g/mol. The molecule has 35 heavy (non-hydrogen) atoms. The largest absolute Gasteiger partial charge is 0.573 e. The van der Waals surface area contributed by atoms with Gasteiger partial charge in [-0.1, -0.05) is 6.92 Å². The van der Waals surface area contributed by atoms with Gasteiger partial charge in [0.1, 0.15) is 40.1 Å². The summed E-state index contributed by atoms with van der Waals surface area (Å²) in [6.45, 7) is 2.45. The van der Waals surface area contributed by atoms with Crippen LogP contribution in [0, 0.1) is 5.92 Å². The quantitative estimate of drug-likeness (QED) is 0.462. The number of imidazole rings is 1. The number of alkyl halides is 3. The number of carbonyl (C=O) groups is 1. The van der Waals surface area contributed by atoms with Gasteiger partial charge in [-0.25, -0.2) is 15.0 Å². The van der Waals surface area contributed by atoms with Gasteiger partial charge in [0.25, 0.3) is 5.91 Å². The number of benzene rings is 1. The van der Waals surface area contributed by atoms with Crippen LogP contribution < -0.4 is 15.2 Å². The number of aromatic nitrogens is 4. The second kappa shape index (κ2) is 7.45. The Kier molecular flexibility index (Phi) is 4.57. The van der Waals surface area contributed by atoms with Gasteiger partial charge in [0, 0.05) is 18.2 Å². The van der Waals surface area contributed by atoms with Crippen molar-refractivity contribution in [2.75, 3.05) is 12.3 Å². The molecule has 0 aliphatic carbocycles. The Labute approximate surface area is 196 Å². The number of pyridine rings is 1. The first-order valence-electron chi connectivity index (χ1n) is 10.9. The Hall–Kier alpha value is -4.09. The summed E-state index contributed by atoms with van der Waals surface area (Å²) in [5, 5.41) is 0. The molecule has 5 heterocycles. The molecule has 0 spiro atoms. The maximum Gasteiger partial charge on any atom is 0.573 e. The molecule has 3 atom stereocenters. The highest BCUT2D eigenvalue weighted by molar-refractivity contribution is 5.96. The van der Waals surface area contributed by atoms with Crippen molar-refractivity contribution in [1.82, 2.24) is 24.3 Å². The molecule has 180 valence electrons. The molecule has 6 rings (SSSR count). The van der Waals surface area contributed by atoms with Crippen LogP contribution in [0.3, 0.4) is 0 Å². The second-order valence-electron chi connectivity index (χ2n) is 8.74. The summed E-state index contributed by atoms with van der Waals surface area (Å²) < 4.78 is 49.8. The summed E-state index contributed by atoms with van der Waals surface area (Å²) in [7, 11) is 0. The van der Waals surface area contributed by atoms with E-state index in [2.05, 4.69) is 19.7 Å². The van der Waals surface area contributed by atoms with Gasteiger partial charge in [-0.15, -0.1) is 13.2 Å². The van der Waals surface area contributed by atoms with Crippen LogP contribution in [0.4, 0.5) is 19.0 Å². The van der Waals surface area contributed by atoms with Crippen LogP contribution in [0.5, 0.6) is 11.5 Å². The first kappa shape index (κ1) is 21.4. The number of nitrogen functional groups attached to an aromatic ring is 1. The van der Waals surface area contributed by atoms with E-state index >= 15 is 0 Å². The van der Waals surface area contributed by atoms with Crippen molar-refractivity contribution >= 4 is 28.3 Å². The fourth-order valence-electron chi connectivity index (χ4n) is 4.94. The molecule has 12 heteroatoms. The monoisotopic (exact) mass is 484 g/mol. The lowest BCUT2D eigenvalue weighted by Crippen LogP contribution is -2.48. The Bertz CT molecular complexity index is 1490. The zero-order valence-corrected chi connectivity index (χ0v) is 18.4. The van der Waals surface area contributed by atoms with E-state index in [9.17, 15) is 18.0 Å². The molecule has 0 saturated carbocycles. The Morgan fingerprint density at radius 3 is 2.86 bits per heavy atom. The molecule has 2 aliphatic heterocycles. The number of likely N-dealkylation sites (tertiary alicyclic amines) is 1. The van der Waals surface area contributed by atoms with Gasteiger partial charge in [0.15, 0.2) is 0 Å². The minimum absolute atomic E-state index is 0.0887. The topological polar surface area (TPSA) is 108 Å². The number of piperidine rings is 1. The number of hydrogen-bond acceptors (Lipinski definition) is 7. The molecule has 2 N–H and O–H groups in total. The number of amides is 1. The average Bonchev–Trinajstić information content (AvgIpc) is 3.44. The second-order valence-corrected chi connectivity index (χ2v) is 8.74. The highest BCUT2D eigenvalue weighted by atomic mass is 19.4. The van der Waals surface area contributed by atoms with E-state index in [1.54, 1.807) is 27.9 Å². The van der Waals surface area contributed by atoms with Crippen LogP contribution >= 0.6 is 0 Å². The Morgan fingerprint density at radius 2 is 2.06 bits per heavy atom. The van der Waals surface area contributed by atoms with E-state index < -0.39 is 18.5 Å². The number of rotatable bonds is 2. The zero-order chi connectivity index (χ0) is 24.5. The van der Waals surface area contributed by atoms with Gasteiger partial charge < -0.3 is 20.1 Å². The van der Waals surface area contributed by atoms with E-state index in [1.165, 1.54) is 24.4 Å². The summed E-state index contributed by atoms with van der Waals surface area (Å²) in [5.41, 5.74) is 8.58. The molecule has 0 bridgehead atoms. The molecule has 3 aromatic heterocycles. The number of nitrogens with zero attached hydrogens (tertiary/aromatic N) is 5. The number of halogens is 3. The summed E-state index contributed by atoms with van der Waals surface area (Å²) in [6, 6.07) is 5.16. The van der Waals surface area contributed by atoms with E-state index in [4.69, 9.17) is 10.5 Å². The molecule has 1 amide bonds. The van der Waals surface area contributed by atoms with Crippen molar-refractivity contribution in [3.63, 3.8) is 0 Å². The molecule has 0 radical (unpaired) electrons. The number of nitrogens with two attached hydrogens (primary N) is 1. The number of hydrogen-bond donors (Lipinski definition) is 1. The van der Waals surface area contributed by atoms with Gasteiger partial charge in [-0.2, -0.15) is 0 Å². The molecule has 1 aromatic carbocycles. The van der Waals surface area contributed by atoms with Gasteiger partial charge in [-0.3, -0.25) is 9.20 Å². The first-order chi connectivity index (χ1) is 16.7. The highest BCUT2D eigenvalue weighted by Gasteiger charge is 2.47. The Morgan fingerprint density at radius 1 is 1.23 bits per heavy atom. The SMILES string of the molecule is C[C@H]1CCN(C(=O)c2cc3c(cn2)nc(N)c2cncn23)C2c3ccc(OC(F)(F)F)cc3O[C@H]21. The molecule has 1 unspecified atom stereocenters. The van der Waals surface area contributed by atoms with Crippen molar-refractivity contribution in [2.24, 2.45) is 5.92 Å². The third-order valence-corrected chi connectivity index (χ3v) is 6.58. The van der Waals surface area contributed by atoms with Crippen molar-refractivity contribution in [2.45, 2.75) is 31.9 Å². The van der Waals surface area contributed by atoms with Crippen molar-refractivity contribution < 1.29 is 27.4 Å². The summed E-state index contributed by atoms with van der Waals surface area (Å²) in [6.07, 6.45) is 0.128. The molecule has 1 saturated heterocycles. The molecule has 4 aromatic rings. The molecule has 2 aliphatic rings. The normalized spacial score (nSPS) is 21.6. The lowest BCUT2D eigenvalue weighted by molar-refractivity contribution is -0.274. The predicted octanol–water partition coefficient (Wildman–Crippen LogP) is 3.74. The van der Waals surface area contributed by atoms with E-state index in [0.717, 1.165) is 0 Å². The number of fused-ring (bicyclic) bond motifs is 6. The zero-order valence-electron chi connectivity index (χ0n) is 18.4. The van der Waals surface area contributed by atoms with E-state index in [-0.39, 0.29) is 29.0 Å². The number of ether oxygens (including phenoxy) is 2. The maximum absolute atomic E-state index is 13.7. The fourth-order valence-corrected chi connectivity index (χ4v) is 4.94. The van der Waals surface area contributed by atoms with E-state index in [1.807, 2.05) is 6.92 Å². The van der Waals surface area contributed by atoms with Gasteiger partial charge >= 0.3 is 6.36 Å². The molecular formula is C23H19F3N6O3. The lowest BCUT2D eigenvalue weighted by Gasteiger charge is -2.39. The van der Waals surface area contributed by atoms with Crippen molar-refractivity contribution in [3.8, 4) is 11.5 Å². The smallest absolute Gasteiger partial charge is 0.487 e. The fraction of sp³-hybridized carbons (Fsp3) is 0.304. The van der Waals surface area contributed by atoms with Gasteiger partial charge in [-0.05, 0) is 30.5 Å². The third-order valence-electron chi connectivity index (χ3n) is 6.58. The van der Waals surface area contributed by atoms with Crippen LogP contribution in [-0.4, -0.2) is 49.2 Å². The average molecular weight is 484 g/mol. The summed E-state index contributed by atoms with van der Waals surface area (Å²) >= 11 is 0. The van der Waals surface area contributed by atoms with Crippen LogP contribution in [0.25, 0.3) is 16.6 Å². The standard InChI is InChI=1S/C23H19F3N6O3/c1-11-4-5-31(19-13-3-2-12(35-23(24,25)26)6-18(13)34-20(11)19)22(33)14-7-16-15(8-29-14)30-21(27)17-9-28-10-32(16)17/h2-3,6-11,19-20H,4-5H2,1H3,(H2,27,30)/t11-,19?,20-/m0/s1.